The minimum Gasteiger partial charge on any atom is -0.462 e. The van der Waals surface area contributed by atoms with Crippen LogP contribution >= 0.6 is 0 Å². The molecule has 2 aliphatic heterocycles. The van der Waals surface area contributed by atoms with Gasteiger partial charge in [0.2, 0.25) is 0 Å². The maximum Gasteiger partial charge on any atom is 0.338 e. The van der Waals surface area contributed by atoms with Gasteiger partial charge in [-0.25, -0.2) is 4.79 Å². The van der Waals surface area contributed by atoms with Crippen molar-refractivity contribution in [1.29, 1.82) is 0 Å². The van der Waals surface area contributed by atoms with Crippen molar-refractivity contribution in [3.8, 4) is 11.1 Å². The molecule has 0 bridgehead atoms. The molecule has 0 N–H and O–H groups in total. The predicted octanol–water partition coefficient (Wildman–Crippen LogP) is 4.43. The Labute approximate surface area is 168 Å². The smallest absolute Gasteiger partial charge is 0.338 e. The van der Waals surface area contributed by atoms with Gasteiger partial charge in [-0.2, -0.15) is 0 Å². The summed E-state index contributed by atoms with van der Waals surface area (Å²) in [5, 5.41) is 2.04. The van der Waals surface area contributed by atoms with Gasteiger partial charge >= 0.3 is 5.97 Å². The van der Waals surface area contributed by atoms with Gasteiger partial charge in [0.15, 0.2) is 0 Å². The monoisotopic (exact) mass is 387 g/mol. The Morgan fingerprint density at radius 1 is 1.14 bits per heavy atom. The van der Waals surface area contributed by atoms with Gasteiger partial charge in [0.1, 0.15) is 0 Å². The average Bonchev–Trinajstić information content (AvgIpc) is 3.55. The molecule has 1 saturated heterocycles. The lowest BCUT2D eigenvalue weighted by Crippen LogP contribution is -2.20. The van der Waals surface area contributed by atoms with Gasteiger partial charge in [0.05, 0.1) is 30.6 Å². The third-order valence-corrected chi connectivity index (χ3v) is 5.61. The van der Waals surface area contributed by atoms with Crippen molar-refractivity contribution in [3.05, 3.63) is 65.7 Å². The van der Waals surface area contributed by atoms with Crippen molar-refractivity contribution in [2.45, 2.75) is 18.9 Å². The number of esters is 1. The summed E-state index contributed by atoms with van der Waals surface area (Å²) < 4.78 is 10.5. The molecule has 29 heavy (non-hydrogen) atoms. The average molecular weight is 387 g/mol. The van der Waals surface area contributed by atoms with E-state index in [1.807, 2.05) is 36.4 Å². The first kappa shape index (κ1) is 17.9. The number of carbonyl (C=O) groups is 2. The molecule has 1 fully saturated rings. The molecule has 2 aliphatic rings. The van der Waals surface area contributed by atoms with Gasteiger partial charge < -0.3 is 14.4 Å². The fraction of sp³-hybridized carbons (Fsp3) is 0.250. The maximum absolute atomic E-state index is 12.5. The third kappa shape index (κ3) is 3.28. The van der Waals surface area contributed by atoms with E-state index < -0.39 is 0 Å². The van der Waals surface area contributed by atoms with Gasteiger partial charge in [0, 0.05) is 18.0 Å². The number of hydrogen-bond acceptors (Lipinski definition) is 4. The fourth-order valence-electron chi connectivity index (χ4n) is 3.90. The number of hydrogen-bond donors (Lipinski definition) is 0. The second-order valence-corrected chi connectivity index (χ2v) is 7.57. The molecule has 1 atom stereocenters. The molecule has 2 heterocycles. The molecule has 5 heteroatoms. The van der Waals surface area contributed by atoms with Crippen LogP contribution in [-0.4, -0.2) is 38.2 Å². The van der Waals surface area contributed by atoms with E-state index in [1.165, 1.54) is 0 Å². The van der Waals surface area contributed by atoms with Crippen molar-refractivity contribution in [2.24, 2.45) is 0 Å². The third-order valence-electron chi connectivity index (χ3n) is 5.61. The lowest BCUT2D eigenvalue weighted by molar-refractivity contribution is 0.0496. The Hall–Kier alpha value is -3.18. The summed E-state index contributed by atoms with van der Waals surface area (Å²) in [6.45, 7) is 1.24. The predicted molar refractivity (Wildman–Crippen MR) is 111 cm³/mol. The van der Waals surface area contributed by atoms with E-state index in [9.17, 15) is 9.59 Å². The minimum absolute atomic E-state index is 0.0223. The first-order valence-electron chi connectivity index (χ1n) is 9.86. The molecule has 5 rings (SSSR count). The molecule has 1 amide bonds. The fourth-order valence-corrected chi connectivity index (χ4v) is 3.90. The Bertz CT molecular complexity index is 1120. The summed E-state index contributed by atoms with van der Waals surface area (Å²) in [4.78, 5) is 26.4. The molecular formula is C24H21NO4. The van der Waals surface area contributed by atoms with Gasteiger partial charge in [-0.1, -0.05) is 24.3 Å². The molecule has 0 radical (unpaired) electrons. The highest BCUT2D eigenvalue weighted by Gasteiger charge is 2.27. The van der Waals surface area contributed by atoms with Crippen LogP contribution in [0.15, 0.2) is 54.6 Å². The zero-order valence-electron chi connectivity index (χ0n) is 16.2. The first-order chi connectivity index (χ1) is 14.1. The number of ether oxygens (including phenoxy) is 2. The number of epoxide rings is 1. The van der Waals surface area contributed by atoms with Gasteiger partial charge in [-0.15, -0.1) is 0 Å². The molecule has 3 aromatic rings. The van der Waals surface area contributed by atoms with Crippen LogP contribution < -0.4 is 4.90 Å². The van der Waals surface area contributed by atoms with Crippen LogP contribution in [0.1, 0.15) is 33.6 Å². The zero-order valence-corrected chi connectivity index (χ0v) is 16.2. The van der Waals surface area contributed by atoms with E-state index in [1.54, 1.807) is 24.1 Å². The van der Waals surface area contributed by atoms with Crippen molar-refractivity contribution in [1.82, 2.24) is 0 Å². The second-order valence-electron chi connectivity index (χ2n) is 7.57. The minimum atomic E-state index is -0.305. The van der Waals surface area contributed by atoms with Gasteiger partial charge in [-0.3, -0.25) is 4.79 Å². The normalized spacial score (nSPS) is 17.1. The number of rotatable bonds is 6. The number of nitrogens with zero attached hydrogens (tertiary/aromatic N) is 1. The van der Waals surface area contributed by atoms with E-state index in [0.717, 1.165) is 52.6 Å². The summed E-state index contributed by atoms with van der Waals surface area (Å²) in [5.41, 5.74) is 4.20. The molecule has 146 valence electrons. The SMILES string of the molecule is CN1C(=O)c2cccc3cc(-c4ccc(C(=O)OCCCC5CO5)cc4)cc1c23. The van der Waals surface area contributed by atoms with Crippen LogP contribution in [-0.2, 0) is 9.47 Å². The van der Waals surface area contributed by atoms with Crippen LogP contribution in [0.4, 0.5) is 5.69 Å². The van der Waals surface area contributed by atoms with E-state index in [0.29, 0.717) is 18.3 Å². The van der Waals surface area contributed by atoms with Crippen LogP contribution in [0.3, 0.4) is 0 Å². The topological polar surface area (TPSA) is 59.1 Å². The van der Waals surface area contributed by atoms with Gasteiger partial charge in [0.25, 0.3) is 5.91 Å². The number of anilines is 1. The van der Waals surface area contributed by atoms with E-state index in [4.69, 9.17) is 9.47 Å². The lowest BCUT2D eigenvalue weighted by Gasteiger charge is -2.12. The number of carbonyl (C=O) groups excluding carboxylic acids is 2. The Kier molecular flexibility index (Phi) is 4.32. The number of benzene rings is 3. The van der Waals surface area contributed by atoms with Crippen LogP contribution in [0.2, 0.25) is 0 Å². The summed E-state index contributed by atoms with van der Waals surface area (Å²) in [6.07, 6.45) is 2.12. The quantitative estimate of drug-likeness (QED) is 0.357. The van der Waals surface area contributed by atoms with Crippen molar-refractivity contribution < 1.29 is 19.1 Å². The molecule has 0 spiro atoms. The van der Waals surface area contributed by atoms with Crippen LogP contribution in [0, 0.1) is 0 Å². The molecular weight excluding hydrogens is 366 g/mol. The Morgan fingerprint density at radius 3 is 2.69 bits per heavy atom. The van der Waals surface area contributed by atoms with Crippen molar-refractivity contribution >= 4 is 28.3 Å². The van der Waals surface area contributed by atoms with Crippen LogP contribution in [0.5, 0.6) is 0 Å². The van der Waals surface area contributed by atoms with Crippen molar-refractivity contribution in [2.75, 3.05) is 25.2 Å². The molecule has 0 aliphatic carbocycles. The van der Waals surface area contributed by atoms with E-state index in [-0.39, 0.29) is 11.9 Å². The summed E-state index contributed by atoms with van der Waals surface area (Å²) >= 11 is 0. The Balaban J connectivity index is 1.36. The van der Waals surface area contributed by atoms with Gasteiger partial charge in [-0.05, 0) is 59.7 Å². The van der Waals surface area contributed by atoms with Crippen molar-refractivity contribution in [3.63, 3.8) is 0 Å². The standard InChI is InChI=1S/C24H21NO4/c1-25-21-13-18(12-17-4-2-6-20(22(17)21)23(25)26)15-7-9-16(10-8-15)24(27)28-11-3-5-19-14-29-19/h2,4,6-10,12-13,19H,3,5,11,14H2,1H3. The Morgan fingerprint density at radius 2 is 1.93 bits per heavy atom. The van der Waals surface area contributed by atoms with E-state index in [2.05, 4.69) is 6.07 Å². The second kappa shape index (κ2) is 7.01. The summed E-state index contributed by atoms with van der Waals surface area (Å²) in [7, 11) is 1.80. The summed E-state index contributed by atoms with van der Waals surface area (Å²) in [5.74, 6) is -0.283. The molecule has 0 aromatic heterocycles. The lowest BCUT2D eigenvalue weighted by atomic mass is 9.98. The van der Waals surface area contributed by atoms with E-state index >= 15 is 0 Å². The molecule has 5 nitrogen and oxygen atoms in total. The molecule has 1 unspecified atom stereocenters. The zero-order chi connectivity index (χ0) is 20.0. The van der Waals surface area contributed by atoms with Crippen LogP contribution in [0.25, 0.3) is 21.9 Å². The highest BCUT2D eigenvalue weighted by atomic mass is 16.6. The number of amides is 1. The largest absolute Gasteiger partial charge is 0.462 e. The highest BCUT2D eigenvalue weighted by Crippen LogP contribution is 2.39. The highest BCUT2D eigenvalue weighted by molar-refractivity contribution is 6.25. The summed E-state index contributed by atoms with van der Waals surface area (Å²) in [6, 6.07) is 17.3. The first-order valence-corrected chi connectivity index (χ1v) is 9.86. The molecule has 0 saturated carbocycles. The maximum atomic E-state index is 12.5. The molecule has 3 aromatic carbocycles.